The van der Waals surface area contributed by atoms with Crippen LogP contribution in [0.1, 0.15) is 12.5 Å². The third kappa shape index (κ3) is 6.30. The van der Waals surface area contributed by atoms with Crippen molar-refractivity contribution in [1.29, 1.82) is 0 Å². The smallest absolute Gasteiger partial charge is 0.243 e. The molecular weight excluding hydrogens is 304 g/mol. The van der Waals surface area contributed by atoms with Crippen molar-refractivity contribution in [2.24, 2.45) is 0 Å². The largest absolute Gasteiger partial charge is 0.491 e. The highest BCUT2D eigenvalue weighted by atomic mass is 16.5. The fourth-order valence-electron chi connectivity index (χ4n) is 2.14. The third-order valence-electron chi connectivity index (χ3n) is 3.31. The Morgan fingerprint density at radius 3 is 2.54 bits per heavy atom. The zero-order chi connectivity index (χ0) is 17.2. The zero-order valence-corrected chi connectivity index (χ0v) is 14.2. The summed E-state index contributed by atoms with van der Waals surface area (Å²) in [5.74, 6) is 0.696. The van der Waals surface area contributed by atoms with Gasteiger partial charge < -0.3 is 20.1 Å². The summed E-state index contributed by atoms with van der Waals surface area (Å²) < 4.78 is 10.8. The molecule has 2 aromatic carbocycles. The van der Waals surface area contributed by atoms with Crippen LogP contribution in [0.3, 0.4) is 0 Å². The van der Waals surface area contributed by atoms with Gasteiger partial charge in [0.1, 0.15) is 12.4 Å². The van der Waals surface area contributed by atoms with Crippen LogP contribution in [-0.2, 0) is 9.53 Å². The summed E-state index contributed by atoms with van der Waals surface area (Å²) in [6.45, 7) is 5.95. The monoisotopic (exact) mass is 328 g/mol. The molecule has 0 spiro atoms. The lowest BCUT2D eigenvalue weighted by atomic mass is 10.2. The summed E-state index contributed by atoms with van der Waals surface area (Å²) in [6, 6.07) is 15.2. The Labute approximate surface area is 143 Å². The second-order valence-corrected chi connectivity index (χ2v) is 5.34. The quantitative estimate of drug-likeness (QED) is 0.692. The van der Waals surface area contributed by atoms with E-state index in [0.29, 0.717) is 19.8 Å². The van der Waals surface area contributed by atoms with Crippen molar-refractivity contribution >= 4 is 17.3 Å². The van der Waals surface area contributed by atoms with Gasteiger partial charge in [-0.25, -0.2) is 0 Å². The SMILES string of the molecule is CCOCCOc1ccc(NCC(=O)Nc2cccc(C)c2)cc1. The second kappa shape index (κ2) is 9.57. The topological polar surface area (TPSA) is 59.6 Å². The Morgan fingerprint density at radius 2 is 1.83 bits per heavy atom. The molecule has 0 aromatic heterocycles. The number of aryl methyl sites for hydroxylation is 1. The fraction of sp³-hybridized carbons (Fsp3) is 0.316. The van der Waals surface area contributed by atoms with Crippen molar-refractivity contribution in [3.05, 3.63) is 54.1 Å². The molecule has 1 amide bonds. The fourth-order valence-corrected chi connectivity index (χ4v) is 2.14. The molecule has 0 aliphatic rings. The number of nitrogens with one attached hydrogen (secondary N) is 2. The first-order valence-electron chi connectivity index (χ1n) is 8.08. The van der Waals surface area contributed by atoms with E-state index in [1.807, 2.05) is 62.4 Å². The lowest BCUT2D eigenvalue weighted by Crippen LogP contribution is -2.21. The highest BCUT2D eigenvalue weighted by Crippen LogP contribution is 2.15. The van der Waals surface area contributed by atoms with Crippen LogP contribution in [0.4, 0.5) is 11.4 Å². The number of rotatable bonds is 9. The number of anilines is 2. The summed E-state index contributed by atoms with van der Waals surface area (Å²) in [5, 5.41) is 5.95. The molecule has 128 valence electrons. The minimum Gasteiger partial charge on any atom is -0.491 e. The number of carbonyl (C=O) groups is 1. The Morgan fingerprint density at radius 1 is 1.04 bits per heavy atom. The Bertz CT molecular complexity index is 641. The van der Waals surface area contributed by atoms with E-state index in [1.54, 1.807) is 0 Å². The highest BCUT2D eigenvalue weighted by molar-refractivity contribution is 5.93. The standard InChI is InChI=1S/C19H24N2O3/c1-3-23-11-12-24-18-9-7-16(8-10-18)20-14-19(22)21-17-6-4-5-15(2)13-17/h4-10,13,20H,3,11-12,14H2,1-2H3,(H,21,22). The van der Waals surface area contributed by atoms with E-state index in [9.17, 15) is 4.79 Å². The van der Waals surface area contributed by atoms with Crippen molar-refractivity contribution in [2.75, 3.05) is 37.0 Å². The lowest BCUT2D eigenvalue weighted by Gasteiger charge is -2.10. The Hall–Kier alpha value is -2.53. The number of benzene rings is 2. The maximum absolute atomic E-state index is 12.0. The molecule has 0 unspecified atom stereocenters. The van der Waals surface area contributed by atoms with Crippen molar-refractivity contribution < 1.29 is 14.3 Å². The summed E-state index contributed by atoms with van der Waals surface area (Å²) in [5.41, 5.74) is 2.78. The predicted molar refractivity (Wildman–Crippen MR) is 96.7 cm³/mol. The van der Waals surface area contributed by atoms with Crippen LogP contribution in [0.15, 0.2) is 48.5 Å². The van der Waals surface area contributed by atoms with Gasteiger partial charge in [0, 0.05) is 18.0 Å². The maximum Gasteiger partial charge on any atom is 0.243 e. The van der Waals surface area contributed by atoms with Gasteiger partial charge in [0.15, 0.2) is 0 Å². The van der Waals surface area contributed by atoms with E-state index in [0.717, 1.165) is 22.7 Å². The molecule has 0 atom stereocenters. The highest BCUT2D eigenvalue weighted by Gasteiger charge is 2.03. The molecule has 0 radical (unpaired) electrons. The number of hydrogen-bond donors (Lipinski definition) is 2. The lowest BCUT2D eigenvalue weighted by molar-refractivity contribution is -0.114. The molecule has 0 aliphatic heterocycles. The molecule has 0 saturated heterocycles. The van der Waals surface area contributed by atoms with Gasteiger partial charge in [0.05, 0.1) is 13.2 Å². The van der Waals surface area contributed by atoms with Crippen molar-refractivity contribution in [2.45, 2.75) is 13.8 Å². The van der Waals surface area contributed by atoms with Crippen LogP contribution >= 0.6 is 0 Å². The summed E-state index contributed by atoms with van der Waals surface area (Å²) in [7, 11) is 0. The number of carbonyl (C=O) groups excluding carboxylic acids is 1. The van der Waals surface area contributed by atoms with Gasteiger partial charge in [-0.1, -0.05) is 12.1 Å². The van der Waals surface area contributed by atoms with Crippen LogP contribution in [0.25, 0.3) is 0 Å². The molecule has 2 rings (SSSR count). The first kappa shape index (κ1) is 17.8. The van der Waals surface area contributed by atoms with Gasteiger partial charge in [-0.15, -0.1) is 0 Å². The third-order valence-corrected chi connectivity index (χ3v) is 3.31. The summed E-state index contributed by atoms with van der Waals surface area (Å²) in [4.78, 5) is 12.0. The van der Waals surface area contributed by atoms with Crippen LogP contribution in [0.2, 0.25) is 0 Å². The maximum atomic E-state index is 12.0. The summed E-state index contributed by atoms with van der Waals surface area (Å²) >= 11 is 0. The Kier molecular flexibility index (Phi) is 7.11. The van der Waals surface area contributed by atoms with Crippen LogP contribution in [0.5, 0.6) is 5.75 Å². The molecule has 5 nitrogen and oxygen atoms in total. The van der Waals surface area contributed by atoms with E-state index in [1.165, 1.54) is 0 Å². The Balaban J connectivity index is 1.74. The number of amides is 1. The van der Waals surface area contributed by atoms with E-state index >= 15 is 0 Å². The second-order valence-electron chi connectivity index (χ2n) is 5.34. The van der Waals surface area contributed by atoms with Crippen molar-refractivity contribution in [3.8, 4) is 5.75 Å². The number of ether oxygens (including phenoxy) is 2. The number of hydrogen-bond acceptors (Lipinski definition) is 4. The van der Waals surface area contributed by atoms with Gasteiger partial charge in [-0.05, 0) is 55.8 Å². The van der Waals surface area contributed by atoms with Gasteiger partial charge in [-0.3, -0.25) is 4.79 Å². The minimum absolute atomic E-state index is 0.0855. The normalized spacial score (nSPS) is 10.2. The van der Waals surface area contributed by atoms with E-state index in [2.05, 4.69) is 10.6 Å². The molecule has 2 aromatic rings. The van der Waals surface area contributed by atoms with E-state index in [4.69, 9.17) is 9.47 Å². The summed E-state index contributed by atoms with van der Waals surface area (Å²) in [6.07, 6.45) is 0. The van der Waals surface area contributed by atoms with Crippen LogP contribution in [0, 0.1) is 6.92 Å². The van der Waals surface area contributed by atoms with E-state index < -0.39 is 0 Å². The minimum atomic E-state index is -0.0855. The molecule has 0 bridgehead atoms. The molecule has 5 heteroatoms. The molecule has 0 aliphatic carbocycles. The molecule has 0 fully saturated rings. The first-order chi connectivity index (χ1) is 11.7. The molecule has 24 heavy (non-hydrogen) atoms. The van der Waals surface area contributed by atoms with Gasteiger partial charge >= 0.3 is 0 Å². The van der Waals surface area contributed by atoms with Gasteiger partial charge in [0.2, 0.25) is 5.91 Å². The van der Waals surface area contributed by atoms with E-state index in [-0.39, 0.29) is 12.5 Å². The molecule has 0 saturated carbocycles. The van der Waals surface area contributed by atoms with Crippen LogP contribution < -0.4 is 15.4 Å². The molecule has 2 N–H and O–H groups in total. The predicted octanol–water partition coefficient (Wildman–Crippen LogP) is 3.46. The van der Waals surface area contributed by atoms with Crippen LogP contribution in [-0.4, -0.2) is 32.3 Å². The van der Waals surface area contributed by atoms with Gasteiger partial charge in [-0.2, -0.15) is 0 Å². The molecule has 0 heterocycles. The first-order valence-corrected chi connectivity index (χ1v) is 8.08. The molecular formula is C19H24N2O3. The average molecular weight is 328 g/mol. The van der Waals surface area contributed by atoms with Crippen molar-refractivity contribution in [1.82, 2.24) is 0 Å². The van der Waals surface area contributed by atoms with Gasteiger partial charge in [0.25, 0.3) is 0 Å². The van der Waals surface area contributed by atoms with Crippen molar-refractivity contribution in [3.63, 3.8) is 0 Å². The zero-order valence-electron chi connectivity index (χ0n) is 14.2. The average Bonchev–Trinajstić information content (AvgIpc) is 2.58.